The van der Waals surface area contributed by atoms with Crippen molar-refractivity contribution in [1.29, 1.82) is 0 Å². The Morgan fingerprint density at radius 1 is 0.867 bits per heavy atom. The number of aryl methyl sites for hydroxylation is 1. The Balaban J connectivity index is 1.36. The molecular weight excluding hydrogens is 389 g/mol. The second-order valence-electron chi connectivity index (χ2n) is 9.42. The van der Waals surface area contributed by atoms with Crippen molar-refractivity contribution in [2.24, 2.45) is 23.7 Å². The molecule has 168 valence electrons. The summed E-state index contributed by atoms with van der Waals surface area (Å²) >= 11 is 0. The van der Waals surface area contributed by atoms with Crippen LogP contribution < -0.4 is 4.74 Å². The lowest BCUT2D eigenvalue weighted by Gasteiger charge is -2.38. The topological polar surface area (TPSA) is 26.3 Å². The van der Waals surface area contributed by atoms with Crippen LogP contribution >= 0.6 is 0 Å². The molecule has 0 unspecified atom stereocenters. The number of ether oxygens (including phenoxy) is 1. The smallest absolute Gasteiger partial charge is 0.420 e. The molecule has 5 heteroatoms. The van der Waals surface area contributed by atoms with Crippen LogP contribution in [0.15, 0.2) is 24.3 Å². The monoisotopic (exact) mass is 424 g/mol. The Bertz CT molecular complexity index is 652. The van der Waals surface area contributed by atoms with Gasteiger partial charge in [-0.2, -0.15) is 13.2 Å². The molecule has 2 fully saturated rings. The molecule has 0 N–H and O–H groups in total. The number of benzene rings is 1. The zero-order chi connectivity index (χ0) is 21.6. The first-order valence-electron chi connectivity index (χ1n) is 11.7. The van der Waals surface area contributed by atoms with E-state index in [4.69, 9.17) is 0 Å². The van der Waals surface area contributed by atoms with E-state index < -0.39 is 12.1 Å². The van der Waals surface area contributed by atoms with Crippen LogP contribution in [0.25, 0.3) is 0 Å². The van der Waals surface area contributed by atoms with Gasteiger partial charge in [0.05, 0.1) is 0 Å². The fourth-order valence-corrected chi connectivity index (χ4v) is 5.56. The largest absolute Gasteiger partial charge is 0.491 e. The fourth-order valence-electron chi connectivity index (χ4n) is 5.56. The molecule has 2 saturated carbocycles. The van der Waals surface area contributed by atoms with Crippen molar-refractivity contribution < 1.29 is 22.7 Å². The minimum Gasteiger partial charge on any atom is -0.420 e. The number of esters is 1. The number of alkyl halides is 3. The Labute approximate surface area is 178 Å². The van der Waals surface area contributed by atoms with E-state index in [2.05, 4.69) is 11.7 Å². The van der Waals surface area contributed by atoms with Gasteiger partial charge in [0.25, 0.3) is 0 Å². The predicted octanol–water partition coefficient (Wildman–Crippen LogP) is 7.50. The first-order chi connectivity index (χ1) is 14.3. The van der Waals surface area contributed by atoms with E-state index in [1.165, 1.54) is 76.3 Å². The molecule has 30 heavy (non-hydrogen) atoms. The van der Waals surface area contributed by atoms with Crippen molar-refractivity contribution in [3.63, 3.8) is 0 Å². The molecule has 0 spiro atoms. The maximum Gasteiger partial charge on any atom is 0.491 e. The van der Waals surface area contributed by atoms with Gasteiger partial charge in [0.15, 0.2) is 0 Å². The van der Waals surface area contributed by atoms with E-state index in [0.717, 1.165) is 42.1 Å². The van der Waals surface area contributed by atoms with Gasteiger partial charge in [-0.1, -0.05) is 57.6 Å². The number of carbonyl (C=O) groups is 1. The van der Waals surface area contributed by atoms with Crippen LogP contribution in [0.1, 0.15) is 83.1 Å². The number of halogens is 3. The summed E-state index contributed by atoms with van der Waals surface area (Å²) in [7, 11) is 0. The highest BCUT2D eigenvalue weighted by Gasteiger charge is 2.41. The molecule has 0 aromatic heterocycles. The van der Waals surface area contributed by atoms with Crippen molar-refractivity contribution >= 4 is 5.97 Å². The number of rotatable bonds is 7. The van der Waals surface area contributed by atoms with Gasteiger partial charge in [0.1, 0.15) is 5.75 Å². The van der Waals surface area contributed by atoms with Crippen LogP contribution in [0.5, 0.6) is 5.75 Å². The van der Waals surface area contributed by atoms with E-state index in [1.54, 1.807) is 12.1 Å². The summed E-state index contributed by atoms with van der Waals surface area (Å²) in [6, 6.07) is 6.42. The average molecular weight is 425 g/mol. The summed E-state index contributed by atoms with van der Waals surface area (Å²) in [4.78, 5) is 10.9. The molecule has 0 radical (unpaired) electrons. The number of carbonyl (C=O) groups excluding carboxylic acids is 1. The number of hydrogen-bond acceptors (Lipinski definition) is 2. The Morgan fingerprint density at radius 2 is 1.37 bits per heavy atom. The van der Waals surface area contributed by atoms with Crippen molar-refractivity contribution in [2.75, 3.05) is 0 Å². The molecule has 0 atom stereocenters. The highest BCUT2D eigenvalue weighted by atomic mass is 19.4. The third kappa shape index (κ3) is 6.75. The molecule has 0 aliphatic heterocycles. The Morgan fingerprint density at radius 3 is 1.83 bits per heavy atom. The highest BCUT2D eigenvalue weighted by Crippen LogP contribution is 2.43. The maximum atomic E-state index is 12.3. The van der Waals surface area contributed by atoms with E-state index >= 15 is 0 Å². The Hall–Kier alpha value is -1.52. The highest BCUT2D eigenvalue weighted by molar-refractivity contribution is 5.78. The zero-order valence-electron chi connectivity index (χ0n) is 18.1. The lowest BCUT2D eigenvalue weighted by Crippen LogP contribution is -2.27. The van der Waals surface area contributed by atoms with Gasteiger partial charge in [-0.25, -0.2) is 4.79 Å². The Kier molecular flexibility index (Phi) is 8.24. The molecule has 0 saturated heterocycles. The summed E-state index contributed by atoms with van der Waals surface area (Å²) < 4.78 is 41.1. The summed E-state index contributed by atoms with van der Waals surface area (Å²) in [5, 5.41) is 0. The van der Waals surface area contributed by atoms with Crippen molar-refractivity contribution in [3.05, 3.63) is 29.8 Å². The zero-order valence-corrected chi connectivity index (χ0v) is 18.1. The molecular formula is C25H35F3O2. The van der Waals surface area contributed by atoms with E-state index in [1.807, 2.05) is 0 Å². The number of hydrogen-bond donors (Lipinski definition) is 0. The molecule has 0 heterocycles. The quantitative estimate of drug-likeness (QED) is 0.335. The molecule has 0 amide bonds. The molecule has 1 aromatic carbocycles. The summed E-state index contributed by atoms with van der Waals surface area (Å²) in [6.07, 6.45) is 10.9. The van der Waals surface area contributed by atoms with E-state index in [-0.39, 0.29) is 5.75 Å². The first kappa shape index (κ1) is 23.1. The van der Waals surface area contributed by atoms with E-state index in [0.29, 0.717) is 0 Å². The van der Waals surface area contributed by atoms with Gasteiger partial charge >= 0.3 is 12.1 Å². The molecule has 2 aliphatic carbocycles. The van der Waals surface area contributed by atoms with E-state index in [9.17, 15) is 18.0 Å². The van der Waals surface area contributed by atoms with Gasteiger partial charge in [-0.3, -0.25) is 0 Å². The van der Waals surface area contributed by atoms with Gasteiger partial charge in [0, 0.05) is 0 Å². The van der Waals surface area contributed by atoms with Gasteiger partial charge in [-0.05, 0) is 79.9 Å². The maximum absolute atomic E-state index is 12.3. The van der Waals surface area contributed by atoms with Crippen LogP contribution in [-0.2, 0) is 11.2 Å². The molecule has 0 bridgehead atoms. The van der Waals surface area contributed by atoms with Crippen LogP contribution in [0, 0.1) is 23.7 Å². The van der Waals surface area contributed by atoms with Gasteiger partial charge < -0.3 is 4.74 Å². The van der Waals surface area contributed by atoms with Gasteiger partial charge in [0.2, 0.25) is 0 Å². The normalized spacial score (nSPS) is 27.6. The lowest BCUT2D eigenvalue weighted by atomic mass is 9.68. The van der Waals surface area contributed by atoms with Crippen molar-refractivity contribution in [2.45, 2.75) is 90.1 Å². The summed E-state index contributed by atoms with van der Waals surface area (Å²) in [6.45, 7) is 2.30. The minimum atomic E-state index is -4.97. The molecule has 3 rings (SSSR count). The SMILES string of the molecule is CCC[C@H]1CC[C@H](C2CCC(CCc3ccc(OC(=O)C(F)(F)F)cc3)CC2)CC1. The van der Waals surface area contributed by atoms with Crippen molar-refractivity contribution in [1.82, 2.24) is 0 Å². The molecule has 1 aromatic rings. The standard InChI is InChI=1S/C25H35F3O2/c1-2-3-18-6-12-21(13-7-18)22-14-8-19(9-15-22)4-5-20-10-16-23(17-11-20)30-24(29)25(26,27)28/h10-11,16-19,21-22H,2-9,12-15H2,1H3/t18-,19?,21-,22?. The van der Waals surface area contributed by atoms with Gasteiger partial charge in [-0.15, -0.1) is 0 Å². The van der Waals surface area contributed by atoms with Crippen LogP contribution in [0.3, 0.4) is 0 Å². The second kappa shape index (κ2) is 10.7. The van der Waals surface area contributed by atoms with Crippen LogP contribution in [0.2, 0.25) is 0 Å². The van der Waals surface area contributed by atoms with Crippen molar-refractivity contribution in [3.8, 4) is 5.75 Å². The summed E-state index contributed by atoms with van der Waals surface area (Å²) in [5.74, 6) is 1.37. The van der Waals surface area contributed by atoms with Crippen LogP contribution in [-0.4, -0.2) is 12.1 Å². The lowest BCUT2D eigenvalue weighted by molar-refractivity contribution is -0.189. The minimum absolute atomic E-state index is 0.0600. The second-order valence-corrected chi connectivity index (χ2v) is 9.42. The molecule has 2 aliphatic rings. The predicted molar refractivity (Wildman–Crippen MR) is 112 cm³/mol. The third-order valence-corrected chi connectivity index (χ3v) is 7.35. The summed E-state index contributed by atoms with van der Waals surface area (Å²) in [5.41, 5.74) is 1.08. The molecule has 2 nitrogen and oxygen atoms in total. The van der Waals surface area contributed by atoms with Crippen LogP contribution in [0.4, 0.5) is 13.2 Å². The first-order valence-corrected chi connectivity index (χ1v) is 11.7. The fraction of sp³-hybridized carbons (Fsp3) is 0.720. The average Bonchev–Trinajstić information content (AvgIpc) is 2.74. The third-order valence-electron chi connectivity index (χ3n) is 7.35.